The minimum absolute atomic E-state index is 0.209. The number of rotatable bonds is 3. The molecular weight excluding hydrogens is 330 g/mol. The monoisotopic (exact) mass is 340 g/mol. The number of benzene rings is 2. The molecule has 20 heavy (non-hydrogen) atoms. The summed E-state index contributed by atoms with van der Waals surface area (Å²) >= 11 is 3.30. The number of anilines is 1. The minimum Gasteiger partial charge on any atom is -0.396 e. The van der Waals surface area contributed by atoms with Gasteiger partial charge in [0.25, 0.3) is 5.91 Å². The van der Waals surface area contributed by atoms with Crippen molar-refractivity contribution < 1.29 is 13.6 Å². The average molecular weight is 341 g/mol. The molecule has 0 spiro atoms. The normalized spacial score (nSPS) is 10.3. The van der Waals surface area contributed by atoms with Crippen molar-refractivity contribution in [3.05, 3.63) is 63.6 Å². The first kappa shape index (κ1) is 14.5. The first-order chi connectivity index (χ1) is 9.47. The Morgan fingerprint density at radius 2 is 1.85 bits per heavy atom. The fourth-order valence-corrected chi connectivity index (χ4v) is 1.92. The minimum atomic E-state index is -0.946. The molecular formula is C14H11BrF2N2O. The standard InChI is InChI=1S/C14H11BrF2N2O/c15-9-3-1-8(2-4-9)7-19-14(20)11-5-10(16)6-12(17)13(11)18/h1-6H,7,18H2,(H,19,20). The van der Waals surface area contributed by atoms with E-state index in [-0.39, 0.29) is 17.8 Å². The van der Waals surface area contributed by atoms with Gasteiger partial charge in [0, 0.05) is 17.1 Å². The molecule has 0 atom stereocenters. The maximum Gasteiger partial charge on any atom is 0.253 e. The van der Waals surface area contributed by atoms with Crippen LogP contribution in [0, 0.1) is 11.6 Å². The number of carbonyl (C=O) groups is 1. The van der Waals surface area contributed by atoms with Gasteiger partial charge in [0.15, 0.2) is 0 Å². The maximum absolute atomic E-state index is 13.3. The highest BCUT2D eigenvalue weighted by Gasteiger charge is 2.14. The van der Waals surface area contributed by atoms with Gasteiger partial charge in [-0.25, -0.2) is 8.78 Å². The second-order valence-electron chi connectivity index (χ2n) is 4.16. The van der Waals surface area contributed by atoms with E-state index in [0.29, 0.717) is 6.07 Å². The van der Waals surface area contributed by atoms with Gasteiger partial charge in [-0.3, -0.25) is 4.79 Å². The summed E-state index contributed by atoms with van der Waals surface area (Å²) in [5.74, 6) is -2.41. The maximum atomic E-state index is 13.3. The molecule has 0 aliphatic carbocycles. The van der Waals surface area contributed by atoms with E-state index in [9.17, 15) is 13.6 Å². The van der Waals surface area contributed by atoms with Crippen LogP contribution in [0.4, 0.5) is 14.5 Å². The number of nitrogens with one attached hydrogen (secondary N) is 1. The van der Waals surface area contributed by atoms with Gasteiger partial charge < -0.3 is 11.1 Å². The van der Waals surface area contributed by atoms with Crippen molar-refractivity contribution >= 4 is 27.5 Å². The van der Waals surface area contributed by atoms with Crippen LogP contribution in [0.15, 0.2) is 40.9 Å². The van der Waals surface area contributed by atoms with Gasteiger partial charge in [0.1, 0.15) is 11.6 Å². The summed E-state index contributed by atoms with van der Waals surface area (Å²) in [4.78, 5) is 11.9. The van der Waals surface area contributed by atoms with Gasteiger partial charge in [0.2, 0.25) is 0 Å². The lowest BCUT2D eigenvalue weighted by atomic mass is 10.1. The van der Waals surface area contributed by atoms with E-state index < -0.39 is 17.5 Å². The Kier molecular flexibility index (Phi) is 4.34. The highest BCUT2D eigenvalue weighted by Crippen LogP contribution is 2.18. The number of nitrogens with two attached hydrogens (primary N) is 1. The summed E-state index contributed by atoms with van der Waals surface area (Å²) in [6.45, 7) is 0.240. The summed E-state index contributed by atoms with van der Waals surface area (Å²) in [5.41, 5.74) is 5.72. The van der Waals surface area contributed by atoms with Crippen LogP contribution >= 0.6 is 15.9 Å². The first-order valence-electron chi connectivity index (χ1n) is 5.74. The van der Waals surface area contributed by atoms with Crippen LogP contribution in [0.25, 0.3) is 0 Å². The zero-order chi connectivity index (χ0) is 14.7. The van der Waals surface area contributed by atoms with E-state index in [0.717, 1.165) is 16.1 Å². The molecule has 0 aliphatic rings. The van der Waals surface area contributed by atoms with Crippen LogP contribution in [0.3, 0.4) is 0 Å². The third-order valence-electron chi connectivity index (χ3n) is 2.71. The van der Waals surface area contributed by atoms with Gasteiger partial charge in [0.05, 0.1) is 11.3 Å². The largest absolute Gasteiger partial charge is 0.396 e. The molecule has 0 radical (unpaired) electrons. The molecule has 3 nitrogen and oxygen atoms in total. The fourth-order valence-electron chi connectivity index (χ4n) is 1.65. The van der Waals surface area contributed by atoms with E-state index in [1.807, 2.05) is 24.3 Å². The average Bonchev–Trinajstić information content (AvgIpc) is 2.42. The molecule has 2 rings (SSSR count). The summed E-state index contributed by atoms with van der Waals surface area (Å²) in [6, 6.07) is 8.85. The number of halogens is 3. The van der Waals surface area contributed by atoms with Crippen molar-refractivity contribution in [1.29, 1.82) is 0 Å². The zero-order valence-corrected chi connectivity index (χ0v) is 11.9. The van der Waals surface area contributed by atoms with E-state index in [1.54, 1.807) is 0 Å². The summed E-state index contributed by atoms with van der Waals surface area (Å²) < 4.78 is 27.3. The molecule has 0 saturated carbocycles. The Bertz CT molecular complexity index is 644. The van der Waals surface area contributed by atoms with Crippen molar-refractivity contribution in [3.63, 3.8) is 0 Å². The van der Waals surface area contributed by atoms with Crippen LogP contribution in [-0.4, -0.2) is 5.91 Å². The number of hydrogen-bond donors (Lipinski definition) is 2. The molecule has 2 aromatic rings. The van der Waals surface area contributed by atoms with Crippen molar-refractivity contribution in [2.75, 3.05) is 5.73 Å². The van der Waals surface area contributed by atoms with Crippen LogP contribution < -0.4 is 11.1 Å². The molecule has 0 heterocycles. The molecule has 0 unspecified atom stereocenters. The highest BCUT2D eigenvalue weighted by atomic mass is 79.9. The fraction of sp³-hybridized carbons (Fsp3) is 0.0714. The Labute approximate surface area is 122 Å². The predicted octanol–water partition coefficient (Wildman–Crippen LogP) is 3.24. The molecule has 0 bridgehead atoms. The number of amides is 1. The van der Waals surface area contributed by atoms with Gasteiger partial charge in [-0.15, -0.1) is 0 Å². The lowest BCUT2D eigenvalue weighted by Crippen LogP contribution is -2.24. The lowest BCUT2D eigenvalue weighted by molar-refractivity contribution is 0.0951. The van der Waals surface area contributed by atoms with Crippen molar-refractivity contribution in [2.45, 2.75) is 6.54 Å². The summed E-state index contributed by atoms with van der Waals surface area (Å²) in [7, 11) is 0. The molecule has 2 aromatic carbocycles. The van der Waals surface area contributed by atoms with E-state index in [4.69, 9.17) is 5.73 Å². The van der Waals surface area contributed by atoms with Crippen molar-refractivity contribution in [1.82, 2.24) is 5.32 Å². The third-order valence-corrected chi connectivity index (χ3v) is 3.23. The highest BCUT2D eigenvalue weighted by molar-refractivity contribution is 9.10. The second kappa shape index (κ2) is 6.00. The summed E-state index contributed by atoms with van der Waals surface area (Å²) in [6.07, 6.45) is 0. The molecule has 1 amide bonds. The molecule has 0 aliphatic heterocycles. The second-order valence-corrected chi connectivity index (χ2v) is 5.07. The molecule has 0 saturated heterocycles. The van der Waals surface area contributed by atoms with Gasteiger partial charge in [-0.2, -0.15) is 0 Å². The Hall–Kier alpha value is -1.95. The predicted molar refractivity (Wildman–Crippen MR) is 76.1 cm³/mol. The molecule has 3 N–H and O–H groups in total. The van der Waals surface area contributed by atoms with Crippen molar-refractivity contribution in [2.24, 2.45) is 0 Å². The van der Waals surface area contributed by atoms with Crippen molar-refractivity contribution in [3.8, 4) is 0 Å². The van der Waals surface area contributed by atoms with E-state index in [2.05, 4.69) is 21.2 Å². The Morgan fingerprint density at radius 1 is 1.20 bits per heavy atom. The van der Waals surface area contributed by atoms with Crippen LogP contribution in [0.5, 0.6) is 0 Å². The topological polar surface area (TPSA) is 55.1 Å². The molecule has 6 heteroatoms. The van der Waals surface area contributed by atoms with Gasteiger partial charge >= 0.3 is 0 Å². The molecule has 104 valence electrons. The van der Waals surface area contributed by atoms with Crippen LogP contribution in [0.1, 0.15) is 15.9 Å². The number of nitrogen functional groups attached to an aromatic ring is 1. The summed E-state index contributed by atoms with van der Waals surface area (Å²) in [5, 5.41) is 2.56. The lowest BCUT2D eigenvalue weighted by Gasteiger charge is -2.08. The molecule has 0 fully saturated rings. The quantitative estimate of drug-likeness (QED) is 0.842. The zero-order valence-electron chi connectivity index (χ0n) is 10.3. The smallest absolute Gasteiger partial charge is 0.253 e. The SMILES string of the molecule is Nc1c(F)cc(F)cc1C(=O)NCc1ccc(Br)cc1. The third kappa shape index (κ3) is 3.33. The first-order valence-corrected chi connectivity index (χ1v) is 6.54. The Balaban J connectivity index is 2.11. The van der Waals surface area contributed by atoms with E-state index >= 15 is 0 Å². The van der Waals surface area contributed by atoms with Crippen LogP contribution in [0.2, 0.25) is 0 Å². The number of hydrogen-bond acceptors (Lipinski definition) is 2. The Morgan fingerprint density at radius 3 is 2.50 bits per heavy atom. The number of carbonyl (C=O) groups excluding carboxylic acids is 1. The molecule has 0 aromatic heterocycles. The van der Waals surface area contributed by atoms with Gasteiger partial charge in [-0.05, 0) is 23.8 Å². The van der Waals surface area contributed by atoms with E-state index in [1.165, 1.54) is 0 Å². The van der Waals surface area contributed by atoms with Crippen LogP contribution in [-0.2, 0) is 6.54 Å². The van der Waals surface area contributed by atoms with Gasteiger partial charge in [-0.1, -0.05) is 28.1 Å².